The molecule has 3 N–H and O–H groups in total. The van der Waals surface area contributed by atoms with Crippen LogP contribution in [0.5, 0.6) is 0 Å². The van der Waals surface area contributed by atoms with E-state index in [1.54, 1.807) is 10.6 Å². The molecule has 0 bridgehead atoms. The Balaban J connectivity index is 1.79. The van der Waals surface area contributed by atoms with Gasteiger partial charge in [0.15, 0.2) is 5.82 Å². The van der Waals surface area contributed by atoms with Gasteiger partial charge in [0.25, 0.3) is 5.56 Å². The number of pyridine rings is 1. The predicted molar refractivity (Wildman–Crippen MR) is 100 cm³/mol. The van der Waals surface area contributed by atoms with Crippen molar-refractivity contribution in [3.63, 3.8) is 0 Å². The van der Waals surface area contributed by atoms with Crippen LogP contribution in [0.2, 0.25) is 0 Å². The Bertz CT molecular complexity index is 1100. The fourth-order valence-electron chi connectivity index (χ4n) is 3.09. The number of benzene rings is 2. The lowest BCUT2D eigenvalue weighted by atomic mass is 10.0. The van der Waals surface area contributed by atoms with Crippen molar-refractivity contribution in [2.24, 2.45) is 0 Å². The van der Waals surface area contributed by atoms with Gasteiger partial charge in [0.1, 0.15) is 0 Å². The maximum Gasteiger partial charge on any atom is 0.251 e. The Kier molecular flexibility index (Phi) is 3.61. The first-order valence-electron chi connectivity index (χ1n) is 8.14. The first kappa shape index (κ1) is 15.2. The first-order valence-corrected chi connectivity index (χ1v) is 8.14. The van der Waals surface area contributed by atoms with Crippen LogP contribution in [0, 0.1) is 0 Å². The molecule has 0 aliphatic carbocycles. The molecule has 5 heteroatoms. The van der Waals surface area contributed by atoms with Crippen LogP contribution < -0.4 is 11.3 Å². The van der Waals surface area contributed by atoms with Gasteiger partial charge in [-0.05, 0) is 41.8 Å². The third kappa shape index (κ3) is 2.70. The van der Waals surface area contributed by atoms with Crippen LogP contribution in [0.3, 0.4) is 0 Å². The number of nitrogens with two attached hydrogens (primary N) is 1. The smallest absolute Gasteiger partial charge is 0.251 e. The van der Waals surface area contributed by atoms with Gasteiger partial charge in [0.2, 0.25) is 0 Å². The molecule has 2 aromatic heterocycles. The summed E-state index contributed by atoms with van der Waals surface area (Å²) in [6.07, 6.45) is 1.90. The van der Waals surface area contributed by atoms with Crippen LogP contribution in [0.4, 0.5) is 5.82 Å². The van der Waals surface area contributed by atoms with Crippen molar-refractivity contribution < 1.29 is 0 Å². The van der Waals surface area contributed by atoms with Crippen molar-refractivity contribution in [1.29, 1.82) is 0 Å². The molecule has 0 aliphatic heterocycles. The van der Waals surface area contributed by atoms with Crippen molar-refractivity contribution in [2.45, 2.75) is 13.0 Å². The molecule has 2 heterocycles. The van der Waals surface area contributed by atoms with Gasteiger partial charge in [-0.1, -0.05) is 36.4 Å². The third-order valence-electron chi connectivity index (χ3n) is 4.56. The highest BCUT2D eigenvalue weighted by molar-refractivity contribution is 5.91. The van der Waals surface area contributed by atoms with E-state index in [1.807, 2.05) is 67.7 Å². The molecule has 0 aliphatic rings. The quantitative estimate of drug-likeness (QED) is 0.603. The number of aromatic amines is 1. The predicted octanol–water partition coefficient (Wildman–Crippen LogP) is 3.58. The van der Waals surface area contributed by atoms with Crippen molar-refractivity contribution in [3.05, 3.63) is 82.8 Å². The maximum absolute atomic E-state index is 12.4. The van der Waals surface area contributed by atoms with Gasteiger partial charge in [-0.3, -0.25) is 9.89 Å². The molecule has 5 nitrogen and oxygen atoms in total. The number of anilines is 1. The van der Waals surface area contributed by atoms with E-state index in [9.17, 15) is 4.79 Å². The second-order valence-corrected chi connectivity index (χ2v) is 6.12. The van der Waals surface area contributed by atoms with E-state index < -0.39 is 0 Å². The van der Waals surface area contributed by atoms with Crippen molar-refractivity contribution in [1.82, 2.24) is 14.8 Å². The van der Waals surface area contributed by atoms with E-state index >= 15 is 0 Å². The fourth-order valence-corrected chi connectivity index (χ4v) is 3.09. The molecule has 2 aromatic carbocycles. The molecule has 0 saturated carbocycles. The molecule has 1 unspecified atom stereocenters. The van der Waals surface area contributed by atoms with Gasteiger partial charge >= 0.3 is 0 Å². The highest BCUT2D eigenvalue weighted by atomic mass is 16.1. The minimum Gasteiger partial charge on any atom is -0.382 e. The van der Waals surface area contributed by atoms with Gasteiger partial charge in [-0.2, -0.15) is 5.10 Å². The number of hydrogen-bond donors (Lipinski definition) is 2. The normalized spacial score (nSPS) is 12.4. The molecule has 4 rings (SSSR count). The van der Waals surface area contributed by atoms with Crippen LogP contribution in [-0.2, 0) is 0 Å². The lowest BCUT2D eigenvalue weighted by molar-refractivity contribution is 0.616. The second kappa shape index (κ2) is 5.94. The van der Waals surface area contributed by atoms with E-state index in [0.29, 0.717) is 5.82 Å². The van der Waals surface area contributed by atoms with Crippen LogP contribution in [0.1, 0.15) is 18.5 Å². The van der Waals surface area contributed by atoms with Crippen molar-refractivity contribution in [2.75, 3.05) is 5.73 Å². The molecule has 4 aromatic rings. The summed E-state index contributed by atoms with van der Waals surface area (Å²) in [4.78, 5) is 12.4. The summed E-state index contributed by atoms with van der Waals surface area (Å²) in [6, 6.07) is 19.3. The molecule has 0 fully saturated rings. The SMILES string of the molecule is CC(c1ccccc1)n1cc(-c2ccc3c(N)n[nH]c3c2)ccc1=O. The number of nitrogen functional groups attached to an aromatic ring is 1. The zero-order chi connectivity index (χ0) is 17.4. The summed E-state index contributed by atoms with van der Waals surface area (Å²) in [7, 11) is 0. The van der Waals surface area contributed by atoms with E-state index in [4.69, 9.17) is 5.73 Å². The highest BCUT2D eigenvalue weighted by Crippen LogP contribution is 2.26. The molecule has 124 valence electrons. The van der Waals surface area contributed by atoms with Gasteiger partial charge in [-0.15, -0.1) is 0 Å². The topological polar surface area (TPSA) is 76.7 Å². The minimum atomic E-state index is -0.0415. The number of aromatic nitrogens is 3. The highest BCUT2D eigenvalue weighted by Gasteiger charge is 2.11. The largest absolute Gasteiger partial charge is 0.382 e. The zero-order valence-corrected chi connectivity index (χ0v) is 13.8. The van der Waals surface area contributed by atoms with Crippen LogP contribution in [0.15, 0.2) is 71.7 Å². The van der Waals surface area contributed by atoms with Crippen molar-refractivity contribution in [3.8, 4) is 11.1 Å². The van der Waals surface area contributed by atoms with Gasteiger partial charge in [-0.25, -0.2) is 0 Å². The molecule has 1 atom stereocenters. The van der Waals surface area contributed by atoms with Gasteiger partial charge in [0, 0.05) is 17.6 Å². The number of H-pyrrole nitrogens is 1. The average molecular weight is 330 g/mol. The van der Waals surface area contributed by atoms with Gasteiger partial charge in [0.05, 0.1) is 11.6 Å². The number of fused-ring (bicyclic) bond motifs is 1. The van der Waals surface area contributed by atoms with Crippen LogP contribution in [0.25, 0.3) is 22.0 Å². The summed E-state index contributed by atoms with van der Waals surface area (Å²) in [5.41, 5.74) is 9.75. The van der Waals surface area contributed by atoms with E-state index in [-0.39, 0.29) is 11.6 Å². The summed E-state index contributed by atoms with van der Waals surface area (Å²) in [5.74, 6) is 0.490. The molecule has 0 spiro atoms. The Morgan fingerprint density at radius 1 is 1.04 bits per heavy atom. The van der Waals surface area contributed by atoms with Crippen LogP contribution in [-0.4, -0.2) is 14.8 Å². The monoisotopic (exact) mass is 330 g/mol. The standard InChI is InChI=1S/C20H18N4O/c1-13(14-5-3-2-4-6-14)24-12-16(8-10-19(24)25)15-7-9-17-18(11-15)22-23-20(17)21/h2-13H,1H3,(H3,21,22,23). The summed E-state index contributed by atoms with van der Waals surface area (Å²) in [6.45, 7) is 2.03. The Morgan fingerprint density at radius 2 is 1.80 bits per heavy atom. The first-order chi connectivity index (χ1) is 12.1. The van der Waals surface area contributed by atoms with Crippen LogP contribution >= 0.6 is 0 Å². The molecular weight excluding hydrogens is 312 g/mol. The second-order valence-electron chi connectivity index (χ2n) is 6.12. The number of rotatable bonds is 3. The van der Waals surface area contributed by atoms with E-state index in [1.165, 1.54) is 0 Å². The number of nitrogens with zero attached hydrogens (tertiary/aromatic N) is 2. The Hall–Kier alpha value is -3.34. The average Bonchev–Trinajstić information content (AvgIpc) is 3.03. The van der Waals surface area contributed by atoms with E-state index in [2.05, 4.69) is 10.2 Å². The number of nitrogens with one attached hydrogen (secondary N) is 1. The number of hydrogen-bond acceptors (Lipinski definition) is 3. The summed E-state index contributed by atoms with van der Waals surface area (Å²) < 4.78 is 1.76. The third-order valence-corrected chi connectivity index (χ3v) is 4.56. The summed E-state index contributed by atoms with van der Waals surface area (Å²) in [5, 5.41) is 7.85. The van der Waals surface area contributed by atoms with Gasteiger partial charge < -0.3 is 10.3 Å². The molecular formula is C20H18N4O. The lowest BCUT2D eigenvalue weighted by Crippen LogP contribution is -2.22. The lowest BCUT2D eigenvalue weighted by Gasteiger charge is -2.17. The molecule has 0 saturated heterocycles. The summed E-state index contributed by atoms with van der Waals surface area (Å²) >= 11 is 0. The zero-order valence-electron chi connectivity index (χ0n) is 13.8. The Morgan fingerprint density at radius 3 is 2.60 bits per heavy atom. The van der Waals surface area contributed by atoms with Crippen molar-refractivity contribution >= 4 is 16.7 Å². The molecule has 0 radical (unpaired) electrons. The molecule has 0 amide bonds. The molecule has 25 heavy (non-hydrogen) atoms. The Labute approximate surface area is 144 Å². The van der Waals surface area contributed by atoms with E-state index in [0.717, 1.165) is 27.6 Å². The minimum absolute atomic E-state index is 0.0213. The maximum atomic E-state index is 12.4. The fraction of sp³-hybridized carbons (Fsp3) is 0.100.